The lowest BCUT2D eigenvalue weighted by atomic mass is 9.62. The van der Waals surface area contributed by atoms with E-state index in [4.69, 9.17) is 4.74 Å². The van der Waals surface area contributed by atoms with Crippen LogP contribution < -0.4 is 10.6 Å². The lowest BCUT2D eigenvalue weighted by molar-refractivity contribution is -0.151. The first-order chi connectivity index (χ1) is 15.1. The number of nitrogens with one attached hydrogen (secondary N) is 2. The van der Waals surface area contributed by atoms with Gasteiger partial charge in [-0.1, -0.05) is 34.6 Å². The number of likely N-dealkylation sites (tertiary alicyclic amines) is 1. The van der Waals surface area contributed by atoms with Crippen molar-refractivity contribution in [1.82, 2.24) is 15.5 Å². The van der Waals surface area contributed by atoms with Crippen LogP contribution in [0.4, 0.5) is 0 Å². The summed E-state index contributed by atoms with van der Waals surface area (Å²) in [5.74, 6) is -2.22. The van der Waals surface area contributed by atoms with Gasteiger partial charge in [0.25, 0.3) is 0 Å². The van der Waals surface area contributed by atoms with E-state index >= 15 is 0 Å². The van der Waals surface area contributed by atoms with Crippen LogP contribution in [0.1, 0.15) is 74.7 Å². The van der Waals surface area contributed by atoms with Crippen LogP contribution in [0.25, 0.3) is 0 Å². The second kappa shape index (κ2) is 8.22. The van der Waals surface area contributed by atoms with Crippen molar-refractivity contribution in [3.05, 3.63) is 0 Å². The van der Waals surface area contributed by atoms with Crippen molar-refractivity contribution in [3.63, 3.8) is 0 Å². The first-order valence-electron chi connectivity index (χ1n) is 12.3. The Balaban J connectivity index is 2.09. The highest BCUT2D eigenvalue weighted by Gasteiger charge is 2.80. The average molecular weight is 466 g/mol. The van der Waals surface area contributed by atoms with Gasteiger partial charge >= 0.3 is 0 Å². The van der Waals surface area contributed by atoms with Gasteiger partial charge in [-0.3, -0.25) is 14.4 Å². The summed E-state index contributed by atoms with van der Waals surface area (Å²) in [4.78, 5) is 42.4. The van der Waals surface area contributed by atoms with Crippen LogP contribution in [-0.2, 0) is 19.1 Å². The number of rotatable bonds is 7. The second-order valence-corrected chi connectivity index (χ2v) is 12.4. The Morgan fingerprint density at radius 2 is 1.85 bits per heavy atom. The van der Waals surface area contributed by atoms with Crippen molar-refractivity contribution in [1.29, 1.82) is 0 Å². The van der Waals surface area contributed by atoms with Gasteiger partial charge in [-0.05, 0) is 51.4 Å². The van der Waals surface area contributed by atoms with E-state index in [1.165, 1.54) is 4.90 Å². The largest absolute Gasteiger partial charge is 0.394 e. The van der Waals surface area contributed by atoms with Gasteiger partial charge in [0, 0.05) is 12.6 Å². The van der Waals surface area contributed by atoms with Crippen LogP contribution in [-0.4, -0.2) is 70.2 Å². The van der Waals surface area contributed by atoms with E-state index in [2.05, 4.69) is 31.4 Å². The van der Waals surface area contributed by atoms with Gasteiger partial charge in [0.15, 0.2) is 0 Å². The van der Waals surface area contributed by atoms with Crippen LogP contribution in [0.15, 0.2) is 0 Å². The highest BCUT2D eigenvalue weighted by molar-refractivity contribution is 5.99. The molecule has 33 heavy (non-hydrogen) atoms. The molecule has 3 fully saturated rings. The standard InChI is InChI=1S/C25H43N3O5/c1-10-15(12-29)28-18(20(31)27-23(6,7)13-22(3,4)5)25-11-14(2)24(8,33-25)16(19(30)26-9)17(25)21(28)32/h14-18,29H,10-13H2,1-9H3,(H,26,30)(H,27,31)/t14?,15-,16+,17-,18?,24-,25?/m0/s1. The number of aliphatic hydroxyl groups excluding tert-OH is 1. The lowest BCUT2D eigenvalue weighted by Crippen LogP contribution is -2.61. The molecule has 188 valence electrons. The number of carbonyl (C=O) groups is 3. The summed E-state index contributed by atoms with van der Waals surface area (Å²) in [7, 11) is 1.56. The average Bonchev–Trinajstić information content (AvgIpc) is 3.17. The Bertz CT molecular complexity index is 817. The Morgan fingerprint density at radius 1 is 1.24 bits per heavy atom. The number of hydrogen-bond donors (Lipinski definition) is 3. The lowest BCUT2D eigenvalue weighted by Gasteiger charge is -2.40. The molecule has 0 aromatic carbocycles. The molecule has 2 bridgehead atoms. The summed E-state index contributed by atoms with van der Waals surface area (Å²) in [6, 6.07) is -1.42. The maximum absolute atomic E-state index is 14.0. The van der Waals surface area contributed by atoms with E-state index < -0.39 is 40.7 Å². The van der Waals surface area contributed by atoms with Crippen LogP contribution in [0.5, 0.6) is 0 Å². The number of ether oxygens (including phenoxy) is 1. The van der Waals surface area contributed by atoms with Crippen molar-refractivity contribution in [2.24, 2.45) is 23.2 Å². The Hall–Kier alpha value is -1.67. The minimum Gasteiger partial charge on any atom is -0.394 e. The van der Waals surface area contributed by atoms with Gasteiger partial charge in [-0.15, -0.1) is 0 Å². The predicted molar refractivity (Wildman–Crippen MR) is 125 cm³/mol. The Kier molecular flexibility index (Phi) is 6.46. The van der Waals surface area contributed by atoms with Crippen molar-refractivity contribution in [3.8, 4) is 0 Å². The van der Waals surface area contributed by atoms with Gasteiger partial charge in [0.05, 0.1) is 30.1 Å². The summed E-state index contributed by atoms with van der Waals surface area (Å²) in [5.41, 5.74) is -2.43. The fourth-order valence-electron chi connectivity index (χ4n) is 7.11. The highest BCUT2D eigenvalue weighted by Crippen LogP contribution is 2.65. The van der Waals surface area contributed by atoms with Crippen LogP contribution in [0.2, 0.25) is 0 Å². The number of hydrogen-bond acceptors (Lipinski definition) is 5. The van der Waals surface area contributed by atoms with Gasteiger partial charge in [-0.2, -0.15) is 0 Å². The van der Waals surface area contributed by atoms with E-state index in [0.29, 0.717) is 12.8 Å². The molecule has 1 spiro atoms. The molecule has 0 aromatic heterocycles. The molecule has 3 amide bonds. The SMILES string of the molecule is CC[C@@H](CO)N1C(=O)[C@@H]2[C@H](C(=O)NC)[C@@]3(C)OC2(CC3C)C1C(=O)NC(C)(C)CC(C)(C)C. The monoisotopic (exact) mass is 465 g/mol. The fraction of sp³-hybridized carbons (Fsp3) is 0.880. The summed E-state index contributed by atoms with van der Waals surface area (Å²) in [6.07, 6.45) is 1.76. The zero-order valence-corrected chi connectivity index (χ0v) is 21.7. The molecule has 8 nitrogen and oxygen atoms in total. The summed E-state index contributed by atoms with van der Waals surface area (Å²) >= 11 is 0. The molecule has 0 aliphatic carbocycles. The van der Waals surface area contributed by atoms with Crippen molar-refractivity contribution < 1.29 is 24.2 Å². The molecule has 3 rings (SSSR count). The molecular weight excluding hydrogens is 422 g/mol. The molecule has 3 unspecified atom stereocenters. The third-order valence-electron chi connectivity index (χ3n) is 8.04. The number of fused-ring (bicyclic) bond motifs is 1. The van der Waals surface area contributed by atoms with Crippen molar-refractivity contribution >= 4 is 17.7 Å². The van der Waals surface area contributed by atoms with E-state index in [1.54, 1.807) is 7.05 Å². The number of amides is 3. The second-order valence-electron chi connectivity index (χ2n) is 12.4. The van der Waals surface area contributed by atoms with Gasteiger partial charge in [-0.25, -0.2) is 0 Å². The van der Waals surface area contributed by atoms with Gasteiger partial charge in [0.2, 0.25) is 17.7 Å². The summed E-state index contributed by atoms with van der Waals surface area (Å²) < 4.78 is 6.64. The van der Waals surface area contributed by atoms with Crippen molar-refractivity contribution in [2.45, 2.75) is 103 Å². The van der Waals surface area contributed by atoms with Crippen LogP contribution >= 0.6 is 0 Å². The number of carbonyl (C=O) groups excluding carboxylic acids is 3. The number of nitrogens with zero attached hydrogens (tertiary/aromatic N) is 1. The minimum absolute atomic E-state index is 0.00381. The molecule has 3 aliphatic rings. The molecular formula is C25H43N3O5. The molecule has 7 atom stereocenters. The van der Waals surface area contributed by atoms with E-state index in [-0.39, 0.29) is 35.7 Å². The first kappa shape index (κ1) is 25.9. The maximum atomic E-state index is 14.0. The third kappa shape index (κ3) is 3.97. The van der Waals surface area contributed by atoms with E-state index in [1.807, 2.05) is 34.6 Å². The molecule has 3 aliphatic heterocycles. The van der Waals surface area contributed by atoms with E-state index in [0.717, 1.165) is 6.42 Å². The van der Waals surface area contributed by atoms with Gasteiger partial charge in [0.1, 0.15) is 11.6 Å². The quantitative estimate of drug-likeness (QED) is 0.532. The fourth-order valence-corrected chi connectivity index (χ4v) is 7.11. The third-order valence-corrected chi connectivity index (χ3v) is 8.04. The molecule has 8 heteroatoms. The first-order valence-corrected chi connectivity index (χ1v) is 12.3. The smallest absolute Gasteiger partial charge is 0.246 e. The zero-order valence-electron chi connectivity index (χ0n) is 21.7. The number of aliphatic hydroxyl groups is 1. The minimum atomic E-state index is -1.09. The maximum Gasteiger partial charge on any atom is 0.246 e. The molecule has 0 radical (unpaired) electrons. The summed E-state index contributed by atoms with van der Waals surface area (Å²) in [6.45, 7) is 15.9. The topological polar surface area (TPSA) is 108 Å². The van der Waals surface area contributed by atoms with Crippen LogP contribution in [0.3, 0.4) is 0 Å². The molecule has 0 saturated carbocycles. The Labute approximate surface area is 198 Å². The predicted octanol–water partition coefficient (Wildman–Crippen LogP) is 1.85. The van der Waals surface area contributed by atoms with Gasteiger partial charge < -0.3 is 25.4 Å². The highest BCUT2D eigenvalue weighted by atomic mass is 16.5. The van der Waals surface area contributed by atoms with E-state index in [9.17, 15) is 19.5 Å². The molecule has 0 aromatic rings. The molecule has 3 N–H and O–H groups in total. The Morgan fingerprint density at radius 3 is 2.33 bits per heavy atom. The van der Waals surface area contributed by atoms with Crippen LogP contribution in [0, 0.1) is 23.2 Å². The molecule has 3 heterocycles. The zero-order chi connectivity index (χ0) is 25.1. The molecule has 3 saturated heterocycles. The van der Waals surface area contributed by atoms with Crippen molar-refractivity contribution in [2.75, 3.05) is 13.7 Å². The summed E-state index contributed by atoms with van der Waals surface area (Å²) in [5, 5.41) is 16.0. The normalized spacial score (nSPS) is 36.7.